The average Bonchev–Trinajstić information content (AvgIpc) is 3.34. The molecule has 2 aliphatic heterocycles. The molecule has 2 heterocycles. The normalized spacial score (nSPS) is 20.3. The summed E-state index contributed by atoms with van der Waals surface area (Å²) in [6.45, 7) is 9.89. The smallest absolute Gasteiger partial charge is 0.410 e. The van der Waals surface area contributed by atoms with Gasteiger partial charge in [-0.3, -0.25) is 14.1 Å². The molecule has 15 heteroatoms. The second-order valence-corrected chi connectivity index (χ2v) is 15.1. The Morgan fingerprint density at radius 3 is 2.26 bits per heavy atom. The first kappa shape index (κ1) is 37.0. The first-order chi connectivity index (χ1) is 21.4. The van der Waals surface area contributed by atoms with E-state index in [1.807, 2.05) is 44.2 Å². The molecule has 1 aromatic carbocycles. The summed E-state index contributed by atoms with van der Waals surface area (Å²) in [6, 6.07) is 6.70. The maximum atomic E-state index is 13.5. The van der Waals surface area contributed by atoms with Crippen LogP contribution in [-0.4, -0.2) is 95.3 Å². The molecule has 4 atom stereocenters. The molecule has 2 saturated heterocycles. The summed E-state index contributed by atoms with van der Waals surface area (Å²) in [5, 5.41) is 18.0. The Bertz CT molecular complexity index is 1320. The van der Waals surface area contributed by atoms with E-state index in [2.05, 4.69) is 16.0 Å². The molecule has 46 heavy (non-hydrogen) atoms. The van der Waals surface area contributed by atoms with Crippen LogP contribution in [0.4, 0.5) is 9.59 Å². The second kappa shape index (κ2) is 15.4. The number of aliphatic hydroxyl groups excluding tert-OH is 1. The molecule has 258 valence electrons. The molecule has 0 bridgehead atoms. The molecule has 3 rings (SSSR count). The predicted molar refractivity (Wildman–Crippen MR) is 168 cm³/mol. The molecule has 0 spiro atoms. The van der Waals surface area contributed by atoms with Gasteiger partial charge in [-0.25, -0.2) is 9.59 Å². The molecule has 0 saturated carbocycles. The standard InChI is InChI=1S/C31H48N4O10S/c1-20(2)17-23(26(37)33-24(27(38)46(41,42)43)18-22-11-14-32-25(22)36)34-28(39)44-31(19-21-9-7-6-8-10-21)12-15-35(16-13-31)29(40)45-30(3,4)5/h6-10,20,22-24,27,38H,11-19H2,1-5H3,(H,32,36)(H,33,37)(H,34,39)(H,41,42,43)/t22-,23-,24-,27+/m0/s1. The largest absolute Gasteiger partial charge is 0.444 e. The molecule has 1 aromatic rings. The van der Waals surface area contributed by atoms with Crippen molar-refractivity contribution >= 4 is 34.1 Å². The lowest BCUT2D eigenvalue weighted by molar-refractivity contribution is -0.126. The lowest BCUT2D eigenvalue weighted by Crippen LogP contribution is -2.56. The highest BCUT2D eigenvalue weighted by atomic mass is 32.2. The summed E-state index contributed by atoms with van der Waals surface area (Å²) >= 11 is 0. The van der Waals surface area contributed by atoms with Gasteiger partial charge in [0.15, 0.2) is 0 Å². The Morgan fingerprint density at radius 1 is 1.11 bits per heavy atom. The van der Waals surface area contributed by atoms with Gasteiger partial charge in [0.1, 0.15) is 17.2 Å². The van der Waals surface area contributed by atoms with Crippen LogP contribution in [0.1, 0.15) is 72.3 Å². The van der Waals surface area contributed by atoms with E-state index in [4.69, 9.17) is 9.47 Å². The Kier molecular flexibility index (Phi) is 12.4. The highest BCUT2D eigenvalue weighted by molar-refractivity contribution is 7.86. The number of benzene rings is 1. The number of hydrogen-bond donors (Lipinski definition) is 5. The Balaban J connectivity index is 1.77. The van der Waals surface area contributed by atoms with Crippen molar-refractivity contribution in [1.29, 1.82) is 0 Å². The number of likely N-dealkylation sites (tertiary alicyclic amines) is 1. The fourth-order valence-corrected chi connectivity index (χ4v) is 6.29. The zero-order valence-corrected chi connectivity index (χ0v) is 28.0. The molecule has 2 fully saturated rings. The zero-order chi connectivity index (χ0) is 34.3. The van der Waals surface area contributed by atoms with E-state index in [9.17, 15) is 37.3 Å². The minimum Gasteiger partial charge on any atom is -0.444 e. The third-order valence-electron chi connectivity index (χ3n) is 8.00. The van der Waals surface area contributed by atoms with Gasteiger partial charge in [0.2, 0.25) is 17.3 Å². The number of rotatable bonds is 12. The van der Waals surface area contributed by atoms with E-state index in [-0.39, 0.29) is 37.8 Å². The van der Waals surface area contributed by atoms with Crippen molar-refractivity contribution in [3.05, 3.63) is 35.9 Å². The van der Waals surface area contributed by atoms with Gasteiger partial charge < -0.3 is 35.4 Å². The van der Waals surface area contributed by atoms with Gasteiger partial charge in [-0.05, 0) is 51.5 Å². The topological polar surface area (TPSA) is 201 Å². The Hall–Kier alpha value is -3.43. The van der Waals surface area contributed by atoms with Crippen LogP contribution in [0.15, 0.2) is 30.3 Å². The van der Waals surface area contributed by atoms with E-state index in [0.29, 0.717) is 32.2 Å². The predicted octanol–water partition coefficient (Wildman–Crippen LogP) is 2.36. The lowest BCUT2D eigenvalue weighted by atomic mass is 9.85. The first-order valence-electron chi connectivity index (χ1n) is 15.6. The summed E-state index contributed by atoms with van der Waals surface area (Å²) in [5.74, 6) is -1.96. The van der Waals surface area contributed by atoms with Crippen molar-refractivity contribution in [3.8, 4) is 0 Å². The number of aliphatic hydroxyl groups is 1. The van der Waals surface area contributed by atoms with E-state index >= 15 is 0 Å². The quantitative estimate of drug-likeness (QED) is 0.206. The van der Waals surface area contributed by atoms with Crippen LogP contribution in [-0.2, 0) is 35.6 Å². The molecule has 0 aromatic heterocycles. The fraction of sp³-hybridized carbons (Fsp3) is 0.677. The minimum atomic E-state index is -5.00. The van der Waals surface area contributed by atoms with Crippen LogP contribution in [0.2, 0.25) is 0 Å². The molecule has 14 nitrogen and oxygen atoms in total. The van der Waals surface area contributed by atoms with Gasteiger partial charge in [-0.1, -0.05) is 44.2 Å². The summed E-state index contributed by atoms with van der Waals surface area (Å²) in [7, 11) is -5.00. The molecular formula is C31H48N4O10S. The van der Waals surface area contributed by atoms with Crippen molar-refractivity contribution < 1.29 is 46.7 Å². The first-order valence-corrected chi connectivity index (χ1v) is 17.1. The summed E-state index contributed by atoms with van der Waals surface area (Å²) in [6.07, 6.45) is -0.123. The number of nitrogens with one attached hydrogen (secondary N) is 3. The highest BCUT2D eigenvalue weighted by Crippen LogP contribution is 2.32. The van der Waals surface area contributed by atoms with E-state index < -0.39 is 62.9 Å². The molecule has 4 amide bonds. The maximum absolute atomic E-state index is 13.5. The number of nitrogens with zero attached hydrogens (tertiary/aromatic N) is 1. The summed E-state index contributed by atoms with van der Waals surface area (Å²) < 4.78 is 44.7. The minimum absolute atomic E-state index is 0.100. The van der Waals surface area contributed by atoms with Gasteiger partial charge in [-0.15, -0.1) is 0 Å². The van der Waals surface area contributed by atoms with Crippen molar-refractivity contribution in [2.45, 2.75) is 102 Å². The number of carbonyl (C=O) groups is 4. The molecule has 2 aliphatic rings. The van der Waals surface area contributed by atoms with Crippen LogP contribution in [0, 0.1) is 11.8 Å². The molecular weight excluding hydrogens is 620 g/mol. The molecule has 0 unspecified atom stereocenters. The fourth-order valence-electron chi connectivity index (χ4n) is 5.69. The average molecular weight is 669 g/mol. The van der Waals surface area contributed by atoms with Crippen LogP contribution in [0.25, 0.3) is 0 Å². The summed E-state index contributed by atoms with van der Waals surface area (Å²) in [5.41, 5.74) is -3.16. The number of hydrogen-bond acceptors (Lipinski definition) is 9. The molecule has 0 aliphatic carbocycles. The zero-order valence-electron chi connectivity index (χ0n) is 27.2. The monoisotopic (exact) mass is 668 g/mol. The number of alkyl carbamates (subject to hydrolysis) is 1. The Labute approximate surface area is 270 Å². The van der Waals surface area contributed by atoms with Gasteiger partial charge >= 0.3 is 12.2 Å². The third-order valence-corrected chi connectivity index (χ3v) is 8.94. The van der Waals surface area contributed by atoms with Crippen molar-refractivity contribution in [3.63, 3.8) is 0 Å². The van der Waals surface area contributed by atoms with Crippen molar-refractivity contribution in [2.24, 2.45) is 11.8 Å². The van der Waals surface area contributed by atoms with Crippen LogP contribution >= 0.6 is 0 Å². The van der Waals surface area contributed by atoms with Crippen molar-refractivity contribution in [1.82, 2.24) is 20.9 Å². The van der Waals surface area contributed by atoms with E-state index in [1.54, 1.807) is 25.7 Å². The third kappa shape index (κ3) is 11.1. The highest BCUT2D eigenvalue weighted by Gasteiger charge is 2.42. The lowest BCUT2D eigenvalue weighted by Gasteiger charge is -2.41. The van der Waals surface area contributed by atoms with Gasteiger partial charge in [0.05, 0.1) is 6.04 Å². The van der Waals surface area contributed by atoms with E-state index in [1.165, 1.54) is 0 Å². The van der Waals surface area contributed by atoms with Crippen LogP contribution < -0.4 is 16.0 Å². The maximum Gasteiger partial charge on any atom is 0.410 e. The van der Waals surface area contributed by atoms with Crippen molar-refractivity contribution in [2.75, 3.05) is 19.6 Å². The van der Waals surface area contributed by atoms with Crippen LogP contribution in [0.5, 0.6) is 0 Å². The summed E-state index contributed by atoms with van der Waals surface area (Å²) in [4.78, 5) is 53.3. The van der Waals surface area contributed by atoms with Gasteiger partial charge in [-0.2, -0.15) is 8.42 Å². The number of amides is 4. The van der Waals surface area contributed by atoms with Crippen LogP contribution in [0.3, 0.4) is 0 Å². The number of ether oxygens (including phenoxy) is 2. The number of piperidine rings is 1. The molecule has 0 radical (unpaired) electrons. The second-order valence-electron chi connectivity index (χ2n) is 13.6. The van der Waals surface area contributed by atoms with E-state index in [0.717, 1.165) is 5.56 Å². The number of carbonyl (C=O) groups excluding carboxylic acids is 4. The Morgan fingerprint density at radius 2 is 1.74 bits per heavy atom. The van der Waals surface area contributed by atoms with Gasteiger partial charge in [0.25, 0.3) is 10.1 Å². The SMILES string of the molecule is CC(C)C[C@H](NC(=O)OC1(Cc2ccccc2)CCN(C(=O)OC(C)(C)C)CC1)C(=O)N[C@@H](C[C@@H]1CCNC1=O)[C@H](O)S(=O)(=O)O. The van der Waals surface area contributed by atoms with Gasteiger partial charge in [0, 0.05) is 44.8 Å². The molecule has 5 N–H and O–H groups in total.